The Morgan fingerprint density at radius 2 is 2.36 bits per heavy atom. The molecule has 1 aromatic heterocycles. The summed E-state index contributed by atoms with van der Waals surface area (Å²) in [5, 5.41) is -0.423. The highest BCUT2D eigenvalue weighted by Gasteiger charge is 2.36. The molecule has 1 atom stereocenters. The van der Waals surface area contributed by atoms with Crippen molar-refractivity contribution >= 4 is 11.6 Å². The summed E-state index contributed by atoms with van der Waals surface area (Å²) < 4.78 is 33.7. The Morgan fingerprint density at radius 3 is 2.79 bits per heavy atom. The molecular formula is C6H8ClF2N3O2. The van der Waals surface area contributed by atoms with Gasteiger partial charge in [-0.3, -0.25) is 0 Å². The highest BCUT2D eigenvalue weighted by molar-refractivity contribution is 6.21. The van der Waals surface area contributed by atoms with Gasteiger partial charge in [-0.1, -0.05) is 5.16 Å². The summed E-state index contributed by atoms with van der Waals surface area (Å²) in [6.45, 7) is 0.104. The summed E-state index contributed by atoms with van der Waals surface area (Å²) in [6.07, 6.45) is 0. The highest BCUT2D eigenvalue weighted by Crippen LogP contribution is 2.30. The number of methoxy groups -OCH3 is 1. The van der Waals surface area contributed by atoms with Crippen LogP contribution in [0.3, 0.4) is 0 Å². The van der Waals surface area contributed by atoms with Gasteiger partial charge in [-0.2, -0.15) is 13.8 Å². The van der Waals surface area contributed by atoms with E-state index in [9.17, 15) is 8.78 Å². The van der Waals surface area contributed by atoms with Gasteiger partial charge < -0.3 is 15.0 Å². The molecule has 0 aromatic carbocycles. The minimum atomic E-state index is -3.67. The Hall–Kier alpha value is -0.790. The maximum Gasteiger partial charge on any atom is 0.400 e. The molecule has 1 rings (SSSR count). The minimum Gasteiger partial charge on any atom is -0.383 e. The Labute approximate surface area is 83.2 Å². The number of rotatable bonds is 4. The first-order valence-corrected chi connectivity index (χ1v) is 3.98. The van der Waals surface area contributed by atoms with E-state index in [1.54, 1.807) is 0 Å². The first-order valence-electron chi connectivity index (χ1n) is 3.60. The topological polar surface area (TPSA) is 74.2 Å². The Morgan fingerprint density at radius 1 is 1.71 bits per heavy atom. The molecule has 0 fully saturated rings. The van der Waals surface area contributed by atoms with E-state index in [1.165, 1.54) is 7.11 Å². The summed E-state index contributed by atoms with van der Waals surface area (Å²) in [7, 11) is 1.41. The molecule has 0 saturated heterocycles. The molecule has 0 aliphatic rings. The van der Waals surface area contributed by atoms with Gasteiger partial charge in [-0.05, 0) is 11.6 Å². The number of hydrogen-bond donors (Lipinski definition) is 1. The zero-order valence-electron chi connectivity index (χ0n) is 7.21. The summed E-state index contributed by atoms with van der Waals surface area (Å²) in [4.78, 5) is 3.34. The molecule has 0 amide bonds. The molecule has 0 saturated carbocycles. The van der Waals surface area contributed by atoms with Crippen LogP contribution in [0.4, 0.5) is 8.78 Å². The summed E-state index contributed by atoms with van der Waals surface area (Å²) in [5.74, 6) is -1.04. The van der Waals surface area contributed by atoms with E-state index in [0.717, 1.165) is 0 Å². The van der Waals surface area contributed by atoms with E-state index >= 15 is 0 Å². The quantitative estimate of drug-likeness (QED) is 0.777. The highest BCUT2D eigenvalue weighted by atomic mass is 35.5. The van der Waals surface area contributed by atoms with Gasteiger partial charge in [0.15, 0.2) is 5.82 Å². The lowest BCUT2D eigenvalue weighted by Gasteiger charge is -2.03. The van der Waals surface area contributed by atoms with Crippen LogP contribution >= 0.6 is 11.6 Å². The third-order valence-electron chi connectivity index (χ3n) is 1.36. The monoisotopic (exact) mass is 227 g/mol. The predicted molar refractivity (Wildman–Crippen MR) is 42.8 cm³/mol. The minimum absolute atomic E-state index is 0.0674. The van der Waals surface area contributed by atoms with Gasteiger partial charge in [0.2, 0.25) is 0 Å². The lowest BCUT2D eigenvalue weighted by atomic mass is 10.3. The predicted octanol–water partition coefficient (Wildman–Crippen LogP) is 1.00. The lowest BCUT2D eigenvalue weighted by molar-refractivity contribution is 0.0550. The van der Waals surface area contributed by atoms with E-state index < -0.39 is 17.3 Å². The first kappa shape index (κ1) is 11.3. The molecule has 1 aromatic rings. The van der Waals surface area contributed by atoms with E-state index in [1.807, 2.05) is 0 Å². The maximum atomic E-state index is 12.4. The molecule has 8 heteroatoms. The van der Waals surface area contributed by atoms with Crippen molar-refractivity contribution in [2.24, 2.45) is 5.73 Å². The number of ether oxygens (including phenoxy) is 1. The smallest absolute Gasteiger partial charge is 0.383 e. The molecular weight excluding hydrogens is 220 g/mol. The molecule has 0 aliphatic heterocycles. The Bertz CT molecular complexity index is 302. The van der Waals surface area contributed by atoms with Crippen molar-refractivity contribution in [1.82, 2.24) is 10.1 Å². The fourth-order valence-electron chi connectivity index (χ4n) is 0.755. The van der Waals surface area contributed by atoms with Crippen LogP contribution in [0.5, 0.6) is 0 Å². The summed E-state index contributed by atoms with van der Waals surface area (Å²) in [6, 6.07) is -0.712. The number of alkyl halides is 3. The Kier molecular flexibility index (Phi) is 3.35. The van der Waals surface area contributed by atoms with Gasteiger partial charge in [-0.25, -0.2) is 0 Å². The van der Waals surface area contributed by atoms with Gasteiger partial charge in [0.25, 0.3) is 0 Å². The van der Waals surface area contributed by atoms with Crippen molar-refractivity contribution in [3.8, 4) is 0 Å². The van der Waals surface area contributed by atoms with Crippen LogP contribution in [-0.4, -0.2) is 23.9 Å². The first-order chi connectivity index (χ1) is 6.45. The number of nitrogens with zero attached hydrogens (tertiary/aromatic N) is 2. The average Bonchev–Trinajstić information content (AvgIpc) is 2.51. The molecule has 0 spiro atoms. The van der Waals surface area contributed by atoms with E-state index in [2.05, 4.69) is 31.0 Å². The molecule has 0 aliphatic carbocycles. The second kappa shape index (κ2) is 4.16. The second-order valence-electron chi connectivity index (χ2n) is 2.52. The van der Waals surface area contributed by atoms with Crippen molar-refractivity contribution in [3.63, 3.8) is 0 Å². The van der Waals surface area contributed by atoms with E-state index in [0.29, 0.717) is 0 Å². The number of nitrogens with two attached hydrogens (primary N) is 1. The van der Waals surface area contributed by atoms with Crippen LogP contribution in [0, 0.1) is 0 Å². The van der Waals surface area contributed by atoms with Crippen LogP contribution in [0.2, 0.25) is 0 Å². The largest absolute Gasteiger partial charge is 0.400 e. The second-order valence-corrected chi connectivity index (χ2v) is 2.99. The summed E-state index contributed by atoms with van der Waals surface area (Å²) in [5.41, 5.74) is 5.46. The van der Waals surface area contributed by atoms with Gasteiger partial charge in [0, 0.05) is 7.11 Å². The molecule has 5 nitrogen and oxygen atoms in total. The van der Waals surface area contributed by atoms with Gasteiger partial charge in [0.1, 0.15) is 0 Å². The van der Waals surface area contributed by atoms with Crippen LogP contribution in [0.1, 0.15) is 17.8 Å². The van der Waals surface area contributed by atoms with Gasteiger partial charge >= 0.3 is 11.3 Å². The third-order valence-corrected chi connectivity index (χ3v) is 1.52. The van der Waals surface area contributed by atoms with Crippen LogP contribution in [0.15, 0.2) is 4.52 Å². The normalized spacial score (nSPS) is 14.4. The molecule has 80 valence electrons. The van der Waals surface area contributed by atoms with E-state index in [-0.39, 0.29) is 12.4 Å². The maximum absolute atomic E-state index is 12.4. The molecule has 0 bridgehead atoms. The van der Waals surface area contributed by atoms with Crippen molar-refractivity contribution < 1.29 is 18.0 Å². The zero-order chi connectivity index (χ0) is 10.8. The standard InChI is InChI=1S/C6H8ClF2N3O2/c1-13-2-3(10)4-11-5(14-12-4)6(7,8)9/h3H,2,10H2,1H3. The van der Waals surface area contributed by atoms with Crippen LogP contribution < -0.4 is 5.73 Å². The molecule has 1 unspecified atom stereocenters. The molecule has 2 N–H and O–H groups in total. The van der Waals surface area contributed by atoms with Crippen LogP contribution in [0.25, 0.3) is 0 Å². The van der Waals surface area contributed by atoms with Crippen molar-refractivity contribution in [2.45, 2.75) is 11.4 Å². The molecule has 0 radical (unpaired) electrons. The average molecular weight is 228 g/mol. The Balaban J connectivity index is 2.78. The van der Waals surface area contributed by atoms with E-state index in [4.69, 9.17) is 5.73 Å². The fraction of sp³-hybridized carbons (Fsp3) is 0.667. The molecule has 14 heavy (non-hydrogen) atoms. The van der Waals surface area contributed by atoms with Crippen molar-refractivity contribution in [1.29, 1.82) is 0 Å². The molecule has 1 heterocycles. The van der Waals surface area contributed by atoms with Crippen molar-refractivity contribution in [3.05, 3.63) is 11.7 Å². The number of hydrogen-bond acceptors (Lipinski definition) is 5. The summed E-state index contributed by atoms with van der Waals surface area (Å²) >= 11 is 4.65. The fourth-order valence-corrected chi connectivity index (χ4v) is 0.831. The van der Waals surface area contributed by atoms with Gasteiger partial charge in [0.05, 0.1) is 12.6 Å². The zero-order valence-corrected chi connectivity index (χ0v) is 7.96. The number of aromatic nitrogens is 2. The number of halogens is 3. The van der Waals surface area contributed by atoms with Crippen molar-refractivity contribution in [2.75, 3.05) is 13.7 Å². The third kappa shape index (κ3) is 2.60. The van der Waals surface area contributed by atoms with Crippen LogP contribution in [-0.2, 0) is 10.1 Å². The lowest BCUT2D eigenvalue weighted by Crippen LogP contribution is -2.18. The SMILES string of the molecule is COCC(N)c1noc(C(F)(F)Cl)n1. The van der Waals surface area contributed by atoms with Gasteiger partial charge in [-0.15, -0.1) is 0 Å².